The molecule has 0 saturated carbocycles. The molecular weight excluding hydrogens is 304 g/mol. The van der Waals surface area contributed by atoms with E-state index in [1.54, 1.807) is 13.8 Å². The Morgan fingerprint density at radius 3 is 2.75 bits per heavy atom. The minimum atomic E-state index is -1.04. The Kier molecular flexibility index (Phi) is 4.36. The summed E-state index contributed by atoms with van der Waals surface area (Å²) >= 11 is 0. The number of likely N-dealkylation sites (tertiary alicyclic amines) is 1. The van der Waals surface area contributed by atoms with Gasteiger partial charge in [0.2, 0.25) is 11.8 Å². The number of nitrogens with one attached hydrogen (secondary N) is 2. The first-order valence-electron chi connectivity index (χ1n) is 8.43. The molecule has 4 N–H and O–H groups in total. The first-order chi connectivity index (χ1) is 11.3. The number of nitrogens with two attached hydrogens (primary N) is 1. The summed E-state index contributed by atoms with van der Waals surface area (Å²) in [5.74, 6) is -0.337. The fourth-order valence-corrected chi connectivity index (χ4v) is 3.78. The number of hydrogen-bond donors (Lipinski definition) is 3. The molecule has 6 heteroatoms. The highest BCUT2D eigenvalue weighted by Gasteiger charge is 2.55. The maximum Gasteiger partial charge on any atom is 0.242 e. The van der Waals surface area contributed by atoms with Crippen LogP contribution in [-0.4, -0.2) is 48.4 Å². The Labute approximate surface area is 142 Å². The van der Waals surface area contributed by atoms with Crippen LogP contribution in [0.15, 0.2) is 30.3 Å². The van der Waals surface area contributed by atoms with Crippen LogP contribution >= 0.6 is 0 Å². The Bertz CT molecular complexity index is 631. The van der Waals surface area contributed by atoms with Gasteiger partial charge >= 0.3 is 0 Å². The van der Waals surface area contributed by atoms with Crippen molar-refractivity contribution < 1.29 is 9.59 Å². The van der Waals surface area contributed by atoms with Gasteiger partial charge in [-0.05, 0) is 19.4 Å². The van der Waals surface area contributed by atoms with Crippen molar-refractivity contribution in [1.82, 2.24) is 15.5 Å². The van der Waals surface area contributed by atoms with Crippen molar-refractivity contribution >= 4 is 11.8 Å². The monoisotopic (exact) mass is 330 g/mol. The van der Waals surface area contributed by atoms with Crippen LogP contribution in [0.25, 0.3) is 0 Å². The van der Waals surface area contributed by atoms with Crippen molar-refractivity contribution in [3.8, 4) is 0 Å². The molecule has 0 spiro atoms. The molecule has 2 saturated heterocycles. The van der Waals surface area contributed by atoms with E-state index in [-0.39, 0.29) is 11.8 Å². The fourth-order valence-electron chi connectivity index (χ4n) is 3.78. The molecular formula is C18H26N4O2. The van der Waals surface area contributed by atoms with Gasteiger partial charge in [0.05, 0.1) is 5.41 Å². The van der Waals surface area contributed by atoms with E-state index >= 15 is 0 Å². The third kappa shape index (κ3) is 3.03. The van der Waals surface area contributed by atoms with Gasteiger partial charge < -0.3 is 16.4 Å². The smallest absolute Gasteiger partial charge is 0.242 e. The number of nitrogens with zero attached hydrogens (tertiary/aromatic N) is 1. The molecule has 24 heavy (non-hydrogen) atoms. The Morgan fingerprint density at radius 2 is 2.08 bits per heavy atom. The van der Waals surface area contributed by atoms with E-state index in [0.717, 1.165) is 19.6 Å². The molecule has 0 radical (unpaired) electrons. The van der Waals surface area contributed by atoms with Gasteiger partial charge in [-0.25, -0.2) is 0 Å². The summed E-state index contributed by atoms with van der Waals surface area (Å²) in [6, 6.07) is 10.3. The Morgan fingerprint density at radius 1 is 1.38 bits per heavy atom. The first kappa shape index (κ1) is 16.9. The molecule has 1 aromatic rings. The van der Waals surface area contributed by atoms with Crippen LogP contribution in [0.1, 0.15) is 19.4 Å². The number of rotatable bonds is 5. The van der Waals surface area contributed by atoms with Gasteiger partial charge in [0.1, 0.15) is 5.54 Å². The Balaban J connectivity index is 1.73. The van der Waals surface area contributed by atoms with Crippen LogP contribution in [-0.2, 0) is 16.1 Å². The first-order valence-corrected chi connectivity index (χ1v) is 8.43. The zero-order valence-corrected chi connectivity index (χ0v) is 14.3. The minimum Gasteiger partial charge on any atom is -0.368 e. The molecule has 0 unspecified atom stereocenters. The lowest BCUT2D eigenvalue weighted by molar-refractivity contribution is -0.136. The second-order valence-corrected chi connectivity index (χ2v) is 7.58. The normalized spacial score (nSPS) is 27.0. The molecule has 2 aliphatic heterocycles. The van der Waals surface area contributed by atoms with Gasteiger partial charge in [0, 0.05) is 38.6 Å². The lowest BCUT2D eigenvalue weighted by Crippen LogP contribution is -2.59. The highest BCUT2D eigenvalue weighted by molar-refractivity contribution is 5.92. The topological polar surface area (TPSA) is 87.5 Å². The average molecular weight is 330 g/mol. The van der Waals surface area contributed by atoms with E-state index in [9.17, 15) is 9.59 Å². The number of primary amides is 1. The largest absolute Gasteiger partial charge is 0.368 e. The summed E-state index contributed by atoms with van der Waals surface area (Å²) in [4.78, 5) is 26.9. The van der Waals surface area contributed by atoms with Gasteiger partial charge in [0.15, 0.2) is 0 Å². The van der Waals surface area contributed by atoms with Gasteiger partial charge in [0.25, 0.3) is 0 Å². The maximum absolute atomic E-state index is 13.0. The number of carbonyl (C=O) groups is 2. The van der Waals surface area contributed by atoms with Crippen LogP contribution in [0, 0.1) is 11.3 Å². The number of amides is 2. The highest BCUT2D eigenvalue weighted by Crippen LogP contribution is 2.40. The van der Waals surface area contributed by atoms with Crippen molar-refractivity contribution in [2.24, 2.45) is 17.1 Å². The molecule has 1 aromatic carbocycles. The number of benzene rings is 1. The molecule has 3 rings (SSSR count). The van der Waals surface area contributed by atoms with Crippen LogP contribution in [0.3, 0.4) is 0 Å². The lowest BCUT2D eigenvalue weighted by Gasteiger charge is -2.32. The van der Waals surface area contributed by atoms with E-state index in [0.29, 0.717) is 13.1 Å². The molecule has 2 heterocycles. The van der Waals surface area contributed by atoms with Crippen molar-refractivity contribution in [2.45, 2.75) is 25.9 Å². The number of carbonyl (C=O) groups excluding carboxylic acids is 2. The van der Waals surface area contributed by atoms with Crippen LogP contribution < -0.4 is 16.4 Å². The van der Waals surface area contributed by atoms with E-state index < -0.39 is 16.9 Å². The predicted octanol–water partition coefficient (Wildman–Crippen LogP) is 0.0881. The van der Waals surface area contributed by atoms with Gasteiger partial charge in [-0.1, -0.05) is 30.3 Å². The SMILES string of the molecule is CC(C)(NC(=O)[C@@]12CNC[C@@H]1CN(Cc1ccccc1)C2)C(N)=O. The number of fused-ring (bicyclic) bond motifs is 1. The standard InChI is InChI=1S/C18H26N4O2/c1-17(2,15(19)23)21-16(24)18-11-20-8-14(18)10-22(12-18)9-13-6-4-3-5-7-13/h3-7,14,20H,8-12H2,1-2H3,(H2,19,23)(H,21,24)/t14-,18-/m1/s1. The molecule has 0 aromatic heterocycles. The molecule has 6 nitrogen and oxygen atoms in total. The summed E-state index contributed by atoms with van der Waals surface area (Å²) in [5.41, 5.74) is 5.13. The van der Waals surface area contributed by atoms with Gasteiger partial charge in [-0.2, -0.15) is 0 Å². The van der Waals surface area contributed by atoms with Gasteiger partial charge in [-0.3, -0.25) is 14.5 Å². The minimum absolute atomic E-state index is 0.0724. The van der Waals surface area contributed by atoms with Crippen LogP contribution in [0.5, 0.6) is 0 Å². The highest BCUT2D eigenvalue weighted by atomic mass is 16.2. The summed E-state index contributed by atoms with van der Waals surface area (Å²) < 4.78 is 0. The summed E-state index contributed by atoms with van der Waals surface area (Å²) in [6.45, 7) is 7.19. The number of hydrogen-bond acceptors (Lipinski definition) is 4. The third-order valence-electron chi connectivity index (χ3n) is 5.34. The van der Waals surface area contributed by atoms with E-state index in [4.69, 9.17) is 5.73 Å². The summed E-state index contributed by atoms with van der Waals surface area (Å²) in [7, 11) is 0. The quantitative estimate of drug-likeness (QED) is 0.714. The van der Waals surface area contributed by atoms with E-state index in [1.165, 1.54) is 5.56 Å². The van der Waals surface area contributed by atoms with Gasteiger partial charge in [-0.15, -0.1) is 0 Å². The van der Waals surface area contributed by atoms with Crippen molar-refractivity contribution in [3.05, 3.63) is 35.9 Å². The summed E-state index contributed by atoms with van der Waals surface area (Å²) in [6.07, 6.45) is 0. The van der Waals surface area contributed by atoms with Crippen LogP contribution in [0.2, 0.25) is 0 Å². The maximum atomic E-state index is 13.0. The van der Waals surface area contributed by atoms with Crippen LogP contribution in [0.4, 0.5) is 0 Å². The predicted molar refractivity (Wildman–Crippen MR) is 91.9 cm³/mol. The zero-order chi connectivity index (χ0) is 17.4. The fraction of sp³-hybridized carbons (Fsp3) is 0.556. The van der Waals surface area contributed by atoms with Crippen molar-refractivity contribution in [3.63, 3.8) is 0 Å². The molecule has 2 amide bonds. The van der Waals surface area contributed by atoms with E-state index in [2.05, 4.69) is 27.7 Å². The molecule has 2 aliphatic rings. The summed E-state index contributed by atoms with van der Waals surface area (Å²) in [5, 5.41) is 6.21. The van der Waals surface area contributed by atoms with Crippen molar-refractivity contribution in [2.75, 3.05) is 26.2 Å². The molecule has 0 bridgehead atoms. The van der Waals surface area contributed by atoms with E-state index in [1.807, 2.05) is 18.2 Å². The second kappa shape index (κ2) is 6.18. The average Bonchev–Trinajstić information content (AvgIpc) is 3.05. The molecule has 130 valence electrons. The molecule has 2 fully saturated rings. The second-order valence-electron chi connectivity index (χ2n) is 7.58. The molecule has 2 atom stereocenters. The van der Waals surface area contributed by atoms with Crippen molar-refractivity contribution in [1.29, 1.82) is 0 Å². The lowest BCUT2D eigenvalue weighted by atomic mass is 9.79. The zero-order valence-electron chi connectivity index (χ0n) is 14.3. The third-order valence-corrected chi connectivity index (χ3v) is 5.34. The Hall–Kier alpha value is -1.92. The molecule has 0 aliphatic carbocycles.